The maximum atomic E-state index is 11.3. The molecule has 2 saturated heterocycles. The van der Waals surface area contributed by atoms with E-state index in [1.54, 1.807) is 6.92 Å². The van der Waals surface area contributed by atoms with Gasteiger partial charge in [0, 0.05) is 52.7 Å². The topological polar surface area (TPSA) is 65.2 Å². The molecule has 0 radical (unpaired) electrons. The number of nitrogens with two attached hydrogens (primary N) is 1. The minimum atomic E-state index is 0. The van der Waals surface area contributed by atoms with E-state index in [0.29, 0.717) is 11.9 Å². The predicted octanol–water partition coefficient (Wildman–Crippen LogP) is 0.815. The molecular formula is C15H30IN5O. The average Bonchev–Trinajstić information content (AvgIpc) is 2.47. The van der Waals surface area contributed by atoms with E-state index in [1.165, 1.54) is 12.8 Å². The number of rotatable bonds is 3. The number of aliphatic imine (C=N–C) groups is 1. The first-order chi connectivity index (χ1) is 10.1. The molecule has 2 rings (SSSR count). The zero-order valence-electron chi connectivity index (χ0n) is 13.8. The van der Waals surface area contributed by atoms with E-state index in [1.807, 2.05) is 4.90 Å². The van der Waals surface area contributed by atoms with Crippen molar-refractivity contribution < 1.29 is 4.79 Å². The van der Waals surface area contributed by atoms with Gasteiger partial charge in [0.15, 0.2) is 5.96 Å². The van der Waals surface area contributed by atoms with Gasteiger partial charge in [-0.3, -0.25) is 14.7 Å². The summed E-state index contributed by atoms with van der Waals surface area (Å²) in [5.41, 5.74) is 6.09. The zero-order valence-corrected chi connectivity index (χ0v) is 16.2. The molecular weight excluding hydrogens is 393 g/mol. The minimum absolute atomic E-state index is 0. The number of carbonyl (C=O) groups is 1. The third kappa shape index (κ3) is 5.91. The summed E-state index contributed by atoms with van der Waals surface area (Å²) in [6.45, 7) is 11.2. The van der Waals surface area contributed by atoms with E-state index < -0.39 is 0 Å². The number of hydrogen-bond acceptors (Lipinski definition) is 3. The van der Waals surface area contributed by atoms with Crippen LogP contribution in [0.1, 0.15) is 26.7 Å². The van der Waals surface area contributed by atoms with Crippen LogP contribution in [-0.2, 0) is 4.79 Å². The zero-order chi connectivity index (χ0) is 15.2. The molecule has 2 aliphatic heterocycles. The van der Waals surface area contributed by atoms with Gasteiger partial charge >= 0.3 is 0 Å². The molecule has 0 bridgehead atoms. The molecule has 0 aromatic rings. The van der Waals surface area contributed by atoms with Crippen LogP contribution in [0.4, 0.5) is 0 Å². The maximum absolute atomic E-state index is 11.3. The van der Waals surface area contributed by atoms with E-state index in [2.05, 4.69) is 21.7 Å². The Morgan fingerprint density at radius 3 is 2.45 bits per heavy atom. The number of hydrogen-bond donors (Lipinski definition) is 1. The lowest BCUT2D eigenvalue weighted by Crippen LogP contribution is -2.48. The van der Waals surface area contributed by atoms with E-state index in [-0.39, 0.29) is 29.9 Å². The fourth-order valence-corrected chi connectivity index (χ4v) is 3.09. The molecule has 2 heterocycles. The fraction of sp³-hybridized carbons (Fsp3) is 0.867. The molecule has 6 nitrogen and oxygen atoms in total. The number of halogens is 1. The van der Waals surface area contributed by atoms with Crippen molar-refractivity contribution in [3.8, 4) is 0 Å². The molecule has 1 amide bonds. The van der Waals surface area contributed by atoms with Gasteiger partial charge in [0.1, 0.15) is 0 Å². The van der Waals surface area contributed by atoms with Gasteiger partial charge in [-0.2, -0.15) is 0 Å². The molecule has 2 aliphatic rings. The second-order valence-electron chi connectivity index (χ2n) is 6.28. The van der Waals surface area contributed by atoms with Crippen molar-refractivity contribution >= 4 is 35.8 Å². The molecule has 1 atom stereocenters. The van der Waals surface area contributed by atoms with Crippen LogP contribution in [0.3, 0.4) is 0 Å². The first kappa shape index (κ1) is 19.5. The lowest BCUT2D eigenvalue weighted by atomic mass is 10.0. The van der Waals surface area contributed by atoms with Gasteiger partial charge < -0.3 is 15.5 Å². The van der Waals surface area contributed by atoms with Crippen LogP contribution in [0, 0.1) is 5.92 Å². The van der Waals surface area contributed by atoms with Crippen LogP contribution in [0.5, 0.6) is 0 Å². The van der Waals surface area contributed by atoms with Crippen LogP contribution in [0.2, 0.25) is 0 Å². The highest BCUT2D eigenvalue weighted by Gasteiger charge is 2.19. The number of piperazine rings is 1. The van der Waals surface area contributed by atoms with Crippen molar-refractivity contribution in [2.45, 2.75) is 26.7 Å². The lowest BCUT2D eigenvalue weighted by Gasteiger charge is -2.34. The second kappa shape index (κ2) is 9.54. The Kier molecular flexibility index (Phi) is 8.45. The highest BCUT2D eigenvalue weighted by atomic mass is 127. The number of amides is 1. The average molecular weight is 423 g/mol. The molecule has 0 aromatic carbocycles. The number of nitrogens with zero attached hydrogens (tertiary/aromatic N) is 4. The first-order valence-corrected chi connectivity index (χ1v) is 8.09. The lowest BCUT2D eigenvalue weighted by molar-refractivity contribution is -0.130. The molecule has 2 N–H and O–H groups in total. The highest BCUT2D eigenvalue weighted by Crippen LogP contribution is 2.14. The van der Waals surface area contributed by atoms with Gasteiger partial charge in [0.2, 0.25) is 5.91 Å². The van der Waals surface area contributed by atoms with Crippen LogP contribution in [0.15, 0.2) is 4.99 Å². The Bertz CT molecular complexity index is 382. The third-order valence-electron chi connectivity index (χ3n) is 4.49. The Balaban J connectivity index is 0.00000242. The normalized spacial score (nSPS) is 24.1. The Labute approximate surface area is 151 Å². The molecule has 2 fully saturated rings. The van der Waals surface area contributed by atoms with Crippen LogP contribution in [0.25, 0.3) is 0 Å². The fourth-order valence-electron chi connectivity index (χ4n) is 3.09. The smallest absolute Gasteiger partial charge is 0.219 e. The molecule has 0 saturated carbocycles. The maximum Gasteiger partial charge on any atom is 0.219 e. The summed E-state index contributed by atoms with van der Waals surface area (Å²) in [5.74, 6) is 1.59. The van der Waals surface area contributed by atoms with Crippen molar-refractivity contribution in [2.75, 3.05) is 52.4 Å². The van der Waals surface area contributed by atoms with Gasteiger partial charge in [0.05, 0.1) is 6.54 Å². The van der Waals surface area contributed by atoms with E-state index in [4.69, 9.17) is 5.73 Å². The SMILES string of the molecule is CC(=O)N1CCN(CCN=C(N)N2CCCC(C)C2)CC1.I. The molecule has 0 spiro atoms. The molecule has 128 valence electrons. The molecule has 0 aromatic heterocycles. The summed E-state index contributed by atoms with van der Waals surface area (Å²) < 4.78 is 0. The molecule has 22 heavy (non-hydrogen) atoms. The van der Waals surface area contributed by atoms with Crippen molar-refractivity contribution in [3.63, 3.8) is 0 Å². The Hall–Kier alpha value is -0.570. The summed E-state index contributed by atoms with van der Waals surface area (Å²) in [6.07, 6.45) is 2.51. The van der Waals surface area contributed by atoms with Gasteiger partial charge in [-0.1, -0.05) is 6.92 Å². The number of guanidine groups is 1. The van der Waals surface area contributed by atoms with Gasteiger partial charge in [-0.05, 0) is 18.8 Å². The van der Waals surface area contributed by atoms with Crippen LogP contribution in [-0.4, -0.2) is 78.9 Å². The number of piperidine rings is 1. The van der Waals surface area contributed by atoms with Gasteiger partial charge in [-0.15, -0.1) is 24.0 Å². The molecule has 1 unspecified atom stereocenters. The van der Waals surface area contributed by atoms with Crippen LogP contribution < -0.4 is 5.73 Å². The standard InChI is InChI=1S/C15H29N5O.HI/c1-13-4-3-6-20(12-13)15(16)17-5-7-18-8-10-19(11-9-18)14(2)21;/h13H,3-12H2,1-2H3,(H2,16,17);1H. The summed E-state index contributed by atoms with van der Waals surface area (Å²) in [6, 6.07) is 0. The monoisotopic (exact) mass is 423 g/mol. The highest BCUT2D eigenvalue weighted by molar-refractivity contribution is 14.0. The van der Waals surface area contributed by atoms with Crippen molar-refractivity contribution in [1.29, 1.82) is 0 Å². The third-order valence-corrected chi connectivity index (χ3v) is 4.49. The second-order valence-corrected chi connectivity index (χ2v) is 6.28. The first-order valence-electron chi connectivity index (χ1n) is 8.09. The Morgan fingerprint density at radius 2 is 1.86 bits per heavy atom. The molecule has 0 aliphatic carbocycles. The van der Waals surface area contributed by atoms with E-state index in [9.17, 15) is 4.79 Å². The van der Waals surface area contributed by atoms with Crippen molar-refractivity contribution in [3.05, 3.63) is 0 Å². The van der Waals surface area contributed by atoms with Crippen molar-refractivity contribution in [1.82, 2.24) is 14.7 Å². The summed E-state index contributed by atoms with van der Waals surface area (Å²) in [4.78, 5) is 22.3. The van der Waals surface area contributed by atoms with E-state index in [0.717, 1.165) is 52.4 Å². The van der Waals surface area contributed by atoms with E-state index >= 15 is 0 Å². The number of carbonyl (C=O) groups excluding carboxylic acids is 1. The summed E-state index contributed by atoms with van der Waals surface area (Å²) in [7, 11) is 0. The predicted molar refractivity (Wildman–Crippen MR) is 101 cm³/mol. The van der Waals surface area contributed by atoms with Crippen LogP contribution >= 0.6 is 24.0 Å². The van der Waals surface area contributed by atoms with Gasteiger partial charge in [-0.25, -0.2) is 0 Å². The number of likely N-dealkylation sites (tertiary alicyclic amines) is 1. The summed E-state index contributed by atoms with van der Waals surface area (Å²) in [5, 5.41) is 0. The molecule has 7 heteroatoms. The largest absolute Gasteiger partial charge is 0.370 e. The van der Waals surface area contributed by atoms with Gasteiger partial charge in [0.25, 0.3) is 0 Å². The summed E-state index contributed by atoms with van der Waals surface area (Å²) >= 11 is 0. The minimum Gasteiger partial charge on any atom is -0.370 e. The quantitative estimate of drug-likeness (QED) is 0.415. The van der Waals surface area contributed by atoms with Crippen molar-refractivity contribution in [2.24, 2.45) is 16.6 Å². The Morgan fingerprint density at radius 1 is 1.18 bits per heavy atom.